The number of aromatic nitrogens is 2. The third-order valence-electron chi connectivity index (χ3n) is 3.20. The topological polar surface area (TPSA) is 51.8 Å². The van der Waals surface area contributed by atoms with Gasteiger partial charge in [0.2, 0.25) is 0 Å². The van der Waals surface area contributed by atoms with Gasteiger partial charge < -0.3 is 5.73 Å². The molecule has 0 radical (unpaired) electrons. The van der Waals surface area contributed by atoms with Crippen LogP contribution in [0, 0.1) is 6.92 Å². The van der Waals surface area contributed by atoms with Gasteiger partial charge in [-0.15, -0.1) is 0 Å². The van der Waals surface area contributed by atoms with E-state index in [-0.39, 0.29) is 5.54 Å². The van der Waals surface area contributed by atoms with Gasteiger partial charge in [0, 0.05) is 11.8 Å². The van der Waals surface area contributed by atoms with Crippen LogP contribution in [0.5, 0.6) is 0 Å². The minimum Gasteiger partial charge on any atom is -0.319 e. The van der Waals surface area contributed by atoms with Crippen molar-refractivity contribution in [1.29, 1.82) is 0 Å². The van der Waals surface area contributed by atoms with Crippen molar-refractivity contribution in [3.63, 3.8) is 0 Å². The van der Waals surface area contributed by atoms with Gasteiger partial charge in [-0.05, 0) is 31.9 Å². The van der Waals surface area contributed by atoms with Crippen molar-refractivity contribution >= 4 is 0 Å². The maximum atomic E-state index is 6.12. The van der Waals surface area contributed by atoms with Crippen molar-refractivity contribution in [2.75, 3.05) is 0 Å². The van der Waals surface area contributed by atoms with E-state index in [4.69, 9.17) is 5.73 Å². The molecule has 0 spiro atoms. The van der Waals surface area contributed by atoms with Gasteiger partial charge in [0.1, 0.15) is 5.82 Å². The summed E-state index contributed by atoms with van der Waals surface area (Å²) in [5, 5.41) is 0. The van der Waals surface area contributed by atoms with Crippen LogP contribution in [0.3, 0.4) is 0 Å². The first-order valence-electron chi connectivity index (χ1n) is 5.87. The molecule has 1 saturated carbocycles. The molecule has 3 nitrogen and oxygen atoms in total. The van der Waals surface area contributed by atoms with E-state index < -0.39 is 0 Å². The van der Waals surface area contributed by atoms with Crippen molar-refractivity contribution in [2.24, 2.45) is 5.73 Å². The van der Waals surface area contributed by atoms with E-state index in [1.165, 1.54) is 5.56 Å². The first-order chi connectivity index (χ1) is 8.17. The van der Waals surface area contributed by atoms with Crippen LogP contribution in [0.1, 0.15) is 24.2 Å². The SMILES string of the molecule is Cc1cccc(-c2ccnc(C3(N)CC3)n2)c1. The molecule has 1 aromatic heterocycles. The van der Waals surface area contributed by atoms with E-state index in [1.807, 2.05) is 12.1 Å². The van der Waals surface area contributed by atoms with Crippen molar-refractivity contribution in [3.8, 4) is 11.3 Å². The summed E-state index contributed by atoms with van der Waals surface area (Å²) in [5.41, 5.74) is 9.17. The van der Waals surface area contributed by atoms with E-state index >= 15 is 0 Å². The maximum absolute atomic E-state index is 6.12. The van der Waals surface area contributed by atoms with Gasteiger partial charge in [-0.2, -0.15) is 0 Å². The van der Waals surface area contributed by atoms with Crippen LogP contribution in [0.25, 0.3) is 11.3 Å². The van der Waals surface area contributed by atoms with Crippen molar-refractivity contribution < 1.29 is 0 Å². The zero-order chi connectivity index (χ0) is 11.9. The molecule has 1 aliphatic carbocycles. The molecule has 1 aromatic carbocycles. The van der Waals surface area contributed by atoms with Gasteiger partial charge in [-0.25, -0.2) is 9.97 Å². The second-order valence-corrected chi connectivity index (χ2v) is 4.79. The number of hydrogen-bond donors (Lipinski definition) is 1. The second-order valence-electron chi connectivity index (χ2n) is 4.79. The number of benzene rings is 1. The van der Waals surface area contributed by atoms with Gasteiger partial charge >= 0.3 is 0 Å². The molecule has 86 valence electrons. The quantitative estimate of drug-likeness (QED) is 0.853. The highest BCUT2D eigenvalue weighted by atomic mass is 15.0. The summed E-state index contributed by atoms with van der Waals surface area (Å²) in [5.74, 6) is 0.775. The minimum atomic E-state index is -0.264. The Bertz CT molecular complexity index is 559. The molecule has 1 aliphatic rings. The van der Waals surface area contributed by atoms with Crippen LogP contribution >= 0.6 is 0 Å². The lowest BCUT2D eigenvalue weighted by atomic mass is 10.1. The first-order valence-corrected chi connectivity index (χ1v) is 5.87. The molecule has 0 aliphatic heterocycles. The molecule has 3 heteroatoms. The van der Waals surface area contributed by atoms with Gasteiger partial charge in [-0.3, -0.25) is 0 Å². The molecule has 0 atom stereocenters. The highest BCUT2D eigenvalue weighted by Crippen LogP contribution is 2.40. The van der Waals surface area contributed by atoms with Crippen LogP contribution in [0.4, 0.5) is 0 Å². The van der Waals surface area contributed by atoms with Gasteiger partial charge in [0.15, 0.2) is 0 Å². The van der Waals surface area contributed by atoms with Crippen molar-refractivity contribution in [3.05, 3.63) is 47.9 Å². The number of nitrogens with zero attached hydrogens (tertiary/aromatic N) is 2. The summed E-state index contributed by atoms with van der Waals surface area (Å²) in [4.78, 5) is 8.87. The molecule has 0 amide bonds. The molecular formula is C14H15N3. The number of hydrogen-bond acceptors (Lipinski definition) is 3. The Kier molecular flexibility index (Phi) is 2.23. The lowest BCUT2D eigenvalue weighted by Gasteiger charge is -2.08. The van der Waals surface area contributed by atoms with E-state index in [1.54, 1.807) is 6.20 Å². The average molecular weight is 225 g/mol. The predicted octanol–water partition coefficient (Wildman–Crippen LogP) is 2.40. The van der Waals surface area contributed by atoms with E-state index in [0.29, 0.717) is 0 Å². The highest BCUT2D eigenvalue weighted by molar-refractivity contribution is 5.59. The third-order valence-corrected chi connectivity index (χ3v) is 3.20. The van der Waals surface area contributed by atoms with E-state index in [2.05, 4.69) is 35.1 Å². The summed E-state index contributed by atoms with van der Waals surface area (Å²) in [6.45, 7) is 2.08. The van der Waals surface area contributed by atoms with Gasteiger partial charge in [0.05, 0.1) is 11.2 Å². The maximum Gasteiger partial charge on any atom is 0.148 e. The lowest BCUT2D eigenvalue weighted by Crippen LogP contribution is -2.22. The molecule has 1 fully saturated rings. The summed E-state index contributed by atoms with van der Waals surface area (Å²) in [6, 6.07) is 10.3. The minimum absolute atomic E-state index is 0.264. The zero-order valence-electron chi connectivity index (χ0n) is 9.85. The predicted molar refractivity (Wildman–Crippen MR) is 67.3 cm³/mol. The third kappa shape index (κ3) is 1.94. The Morgan fingerprint density at radius 3 is 2.76 bits per heavy atom. The fraction of sp³-hybridized carbons (Fsp3) is 0.286. The number of aryl methyl sites for hydroxylation is 1. The molecule has 0 unspecified atom stereocenters. The molecule has 2 N–H and O–H groups in total. The summed E-state index contributed by atoms with van der Waals surface area (Å²) in [6.07, 6.45) is 3.78. The standard InChI is InChI=1S/C14H15N3/c1-10-3-2-4-11(9-10)12-5-8-16-13(17-12)14(15)6-7-14/h2-5,8-9H,6-7,15H2,1H3. The van der Waals surface area contributed by atoms with Gasteiger partial charge in [0.25, 0.3) is 0 Å². The molecular weight excluding hydrogens is 210 g/mol. The smallest absolute Gasteiger partial charge is 0.148 e. The second kappa shape index (κ2) is 3.64. The highest BCUT2D eigenvalue weighted by Gasteiger charge is 2.43. The fourth-order valence-electron chi connectivity index (χ4n) is 1.92. The number of rotatable bonds is 2. The lowest BCUT2D eigenvalue weighted by molar-refractivity contribution is 0.673. The van der Waals surface area contributed by atoms with Crippen LogP contribution in [-0.2, 0) is 5.54 Å². The van der Waals surface area contributed by atoms with Crippen molar-refractivity contribution in [2.45, 2.75) is 25.3 Å². The van der Waals surface area contributed by atoms with E-state index in [9.17, 15) is 0 Å². The summed E-state index contributed by atoms with van der Waals surface area (Å²) < 4.78 is 0. The Labute approximate surface area is 101 Å². The first kappa shape index (κ1) is 10.4. The summed E-state index contributed by atoms with van der Waals surface area (Å²) >= 11 is 0. The molecule has 17 heavy (non-hydrogen) atoms. The molecule has 3 rings (SSSR count). The average Bonchev–Trinajstić information content (AvgIpc) is 3.09. The van der Waals surface area contributed by atoms with Gasteiger partial charge in [-0.1, -0.05) is 23.8 Å². The molecule has 0 bridgehead atoms. The summed E-state index contributed by atoms with van der Waals surface area (Å²) in [7, 11) is 0. The van der Waals surface area contributed by atoms with Crippen LogP contribution in [0.2, 0.25) is 0 Å². The molecule has 1 heterocycles. The monoisotopic (exact) mass is 225 g/mol. The van der Waals surface area contributed by atoms with Crippen molar-refractivity contribution in [1.82, 2.24) is 9.97 Å². The Morgan fingerprint density at radius 1 is 1.24 bits per heavy atom. The fourth-order valence-corrected chi connectivity index (χ4v) is 1.92. The largest absolute Gasteiger partial charge is 0.319 e. The van der Waals surface area contributed by atoms with Crippen LogP contribution < -0.4 is 5.73 Å². The Morgan fingerprint density at radius 2 is 2.06 bits per heavy atom. The zero-order valence-corrected chi connectivity index (χ0v) is 9.85. The van der Waals surface area contributed by atoms with Crippen LogP contribution in [0.15, 0.2) is 36.5 Å². The Hall–Kier alpha value is -1.74. The van der Waals surface area contributed by atoms with E-state index in [0.717, 1.165) is 29.9 Å². The normalized spacial score (nSPS) is 16.8. The molecule has 2 aromatic rings. The van der Waals surface area contributed by atoms with Crippen LogP contribution in [-0.4, -0.2) is 9.97 Å². The Balaban J connectivity index is 2.03. The number of nitrogens with two attached hydrogens (primary N) is 1. The molecule has 0 saturated heterocycles.